The van der Waals surface area contributed by atoms with Gasteiger partial charge in [-0.05, 0) is 28.0 Å². The van der Waals surface area contributed by atoms with E-state index in [9.17, 15) is 18.3 Å². The number of carbonyl (C=O) groups is 1. The molecule has 0 saturated heterocycles. The van der Waals surface area contributed by atoms with Crippen molar-refractivity contribution in [2.45, 2.75) is 18.2 Å². The summed E-state index contributed by atoms with van der Waals surface area (Å²) in [6.45, 7) is 0. The zero-order valence-corrected chi connectivity index (χ0v) is 14.9. The van der Waals surface area contributed by atoms with Gasteiger partial charge in [0.1, 0.15) is 6.04 Å². The Balaban J connectivity index is 1.78. The summed E-state index contributed by atoms with van der Waals surface area (Å²) in [5, 5.41) is 12.3. The minimum Gasteiger partial charge on any atom is -0.480 e. The molecule has 0 bridgehead atoms. The molecule has 0 aliphatic heterocycles. The lowest BCUT2D eigenvalue weighted by Gasteiger charge is -2.14. The van der Waals surface area contributed by atoms with Crippen LogP contribution in [-0.2, 0) is 27.0 Å². The second-order valence-corrected chi connectivity index (χ2v) is 8.38. The van der Waals surface area contributed by atoms with Gasteiger partial charge in [0.25, 0.3) is 0 Å². The van der Waals surface area contributed by atoms with Gasteiger partial charge in [-0.1, -0.05) is 48.5 Å². The predicted octanol–water partition coefficient (Wildman–Crippen LogP) is 3.02. The number of carboxylic acids is 1. The SMILES string of the molecule is O=C(O)[C@@H](Cc1csc2ccccc12)NS(=O)(=O)Cc1ccccc1. The van der Waals surface area contributed by atoms with Crippen molar-refractivity contribution in [2.24, 2.45) is 0 Å². The molecule has 25 heavy (non-hydrogen) atoms. The van der Waals surface area contributed by atoms with Gasteiger partial charge in [-0.2, -0.15) is 0 Å². The summed E-state index contributed by atoms with van der Waals surface area (Å²) >= 11 is 1.52. The number of hydrogen-bond donors (Lipinski definition) is 2. The smallest absolute Gasteiger partial charge is 0.322 e. The standard InChI is InChI=1S/C18H17NO4S2/c20-18(21)16(10-14-11-24-17-9-5-4-8-15(14)17)19-25(22,23)12-13-6-2-1-3-7-13/h1-9,11,16,19H,10,12H2,(H,20,21)/t16-/m1/s1. The average Bonchev–Trinajstić information content (AvgIpc) is 2.98. The summed E-state index contributed by atoms with van der Waals surface area (Å²) in [4.78, 5) is 11.6. The molecule has 7 heteroatoms. The molecule has 1 aromatic heterocycles. The van der Waals surface area contributed by atoms with Crippen molar-refractivity contribution in [1.82, 2.24) is 4.72 Å². The predicted molar refractivity (Wildman–Crippen MR) is 99.2 cm³/mol. The zero-order chi connectivity index (χ0) is 17.9. The quantitative estimate of drug-likeness (QED) is 0.665. The molecule has 1 atom stereocenters. The van der Waals surface area contributed by atoms with E-state index in [1.165, 1.54) is 11.3 Å². The monoisotopic (exact) mass is 375 g/mol. The maximum absolute atomic E-state index is 12.3. The Morgan fingerprint density at radius 1 is 1.08 bits per heavy atom. The largest absolute Gasteiger partial charge is 0.480 e. The number of hydrogen-bond acceptors (Lipinski definition) is 4. The highest BCUT2D eigenvalue weighted by Gasteiger charge is 2.25. The molecule has 0 saturated carbocycles. The van der Waals surface area contributed by atoms with E-state index in [1.54, 1.807) is 30.3 Å². The number of rotatable bonds is 7. The Bertz CT molecular complexity index is 980. The summed E-state index contributed by atoms with van der Waals surface area (Å²) < 4.78 is 28.0. The molecular formula is C18H17NO4S2. The van der Waals surface area contributed by atoms with Gasteiger partial charge in [0.15, 0.2) is 0 Å². The molecule has 0 aliphatic carbocycles. The molecule has 0 radical (unpaired) electrons. The van der Waals surface area contributed by atoms with E-state index in [4.69, 9.17) is 0 Å². The van der Waals surface area contributed by atoms with Crippen molar-refractivity contribution in [3.05, 3.63) is 71.1 Å². The van der Waals surface area contributed by atoms with Crippen molar-refractivity contribution in [2.75, 3.05) is 0 Å². The van der Waals surface area contributed by atoms with Crippen LogP contribution in [0.25, 0.3) is 10.1 Å². The van der Waals surface area contributed by atoms with E-state index >= 15 is 0 Å². The summed E-state index contributed by atoms with van der Waals surface area (Å²) in [6, 6.07) is 15.2. The fraction of sp³-hybridized carbons (Fsp3) is 0.167. The van der Waals surface area contributed by atoms with Crippen LogP contribution in [0, 0.1) is 0 Å². The molecule has 3 rings (SSSR count). The second kappa shape index (κ2) is 7.35. The maximum Gasteiger partial charge on any atom is 0.322 e. The molecular weight excluding hydrogens is 358 g/mol. The van der Waals surface area contributed by atoms with Crippen LogP contribution in [0.1, 0.15) is 11.1 Å². The van der Waals surface area contributed by atoms with Gasteiger partial charge in [0.05, 0.1) is 5.75 Å². The fourth-order valence-corrected chi connectivity index (χ4v) is 4.95. The van der Waals surface area contributed by atoms with Crippen LogP contribution in [0.15, 0.2) is 60.0 Å². The van der Waals surface area contributed by atoms with Crippen LogP contribution < -0.4 is 4.72 Å². The van der Waals surface area contributed by atoms with Crippen LogP contribution in [0.5, 0.6) is 0 Å². The Labute approximate surface area is 150 Å². The topological polar surface area (TPSA) is 83.5 Å². The molecule has 0 aliphatic rings. The number of thiophene rings is 1. The van der Waals surface area contributed by atoms with Gasteiger partial charge in [-0.25, -0.2) is 13.1 Å². The summed E-state index contributed by atoms with van der Waals surface area (Å²) in [6.07, 6.45) is 0.105. The van der Waals surface area contributed by atoms with Crippen molar-refractivity contribution >= 4 is 37.4 Å². The molecule has 0 spiro atoms. The first-order chi connectivity index (χ1) is 11.9. The van der Waals surface area contributed by atoms with Crippen molar-refractivity contribution in [1.29, 1.82) is 0 Å². The average molecular weight is 375 g/mol. The zero-order valence-electron chi connectivity index (χ0n) is 13.3. The Kier molecular flexibility index (Phi) is 5.17. The van der Waals surface area contributed by atoms with Crippen molar-refractivity contribution in [3.63, 3.8) is 0 Å². The highest BCUT2D eigenvalue weighted by molar-refractivity contribution is 7.88. The lowest BCUT2D eigenvalue weighted by Crippen LogP contribution is -2.42. The van der Waals surface area contributed by atoms with Gasteiger partial charge >= 0.3 is 5.97 Å². The minimum absolute atomic E-state index is 0.105. The number of fused-ring (bicyclic) bond motifs is 1. The highest BCUT2D eigenvalue weighted by atomic mass is 32.2. The van der Waals surface area contributed by atoms with Gasteiger partial charge in [0, 0.05) is 11.1 Å². The first kappa shape index (κ1) is 17.6. The van der Waals surface area contributed by atoms with Gasteiger partial charge in [0.2, 0.25) is 10.0 Å². The summed E-state index contributed by atoms with van der Waals surface area (Å²) in [7, 11) is -3.76. The number of carboxylic acid groups (broad SMARTS) is 1. The molecule has 2 N–H and O–H groups in total. The van der Waals surface area contributed by atoms with Crippen LogP contribution >= 0.6 is 11.3 Å². The van der Waals surface area contributed by atoms with Gasteiger partial charge in [-0.15, -0.1) is 11.3 Å². The van der Waals surface area contributed by atoms with Crippen molar-refractivity contribution < 1.29 is 18.3 Å². The lowest BCUT2D eigenvalue weighted by atomic mass is 10.1. The van der Waals surface area contributed by atoms with Gasteiger partial charge in [-0.3, -0.25) is 4.79 Å². The fourth-order valence-electron chi connectivity index (χ4n) is 2.64. The lowest BCUT2D eigenvalue weighted by molar-refractivity contribution is -0.138. The van der Waals surface area contributed by atoms with E-state index in [1.807, 2.05) is 29.6 Å². The third kappa shape index (κ3) is 4.45. The van der Waals surface area contributed by atoms with E-state index in [2.05, 4.69) is 4.72 Å². The molecule has 0 amide bonds. The van der Waals surface area contributed by atoms with Crippen LogP contribution in [0.3, 0.4) is 0 Å². The summed E-state index contributed by atoms with van der Waals surface area (Å²) in [5.41, 5.74) is 1.44. The van der Waals surface area contributed by atoms with Gasteiger partial charge < -0.3 is 5.11 Å². The molecule has 0 unspecified atom stereocenters. The third-order valence-electron chi connectivity index (χ3n) is 3.80. The molecule has 1 heterocycles. The Morgan fingerprint density at radius 3 is 2.48 bits per heavy atom. The maximum atomic E-state index is 12.3. The first-order valence-corrected chi connectivity index (χ1v) is 10.2. The van der Waals surface area contributed by atoms with Crippen molar-refractivity contribution in [3.8, 4) is 0 Å². The number of sulfonamides is 1. The Morgan fingerprint density at radius 2 is 1.76 bits per heavy atom. The van der Waals surface area contributed by atoms with Crippen LogP contribution in [0.4, 0.5) is 0 Å². The first-order valence-electron chi connectivity index (χ1n) is 7.66. The van der Waals surface area contributed by atoms with Crippen LogP contribution in [-0.4, -0.2) is 25.5 Å². The highest BCUT2D eigenvalue weighted by Crippen LogP contribution is 2.26. The van der Waals surface area contributed by atoms with E-state index in [0.29, 0.717) is 5.56 Å². The molecule has 2 aromatic carbocycles. The minimum atomic E-state index is -3.76. The molecule has 5 nitrogen and oxygen atoms in total. The molecule has 3 aromatic rings. The molecule has 130 valence electrons. The second-order valence-electron chi connectivity index (χ2n) is 5.71. The number of benzene rings is 2. The third-order valence-corrected chi connectivity index (χ3v) is 6.17. The number of aliphatic carboxylic acids is 1. The van der Waals surface area contributed by atoms with E-state index < -0.39 is 22.0 Å². The van der Waals surface area contributed by atoms with Crippen LogP contribution in [0.2, 0.25) is 0 Å². The molecule has 0 fully saturated rings. The number of nitrogens with one attached hydrogen (secondary N) is 1. The summed E-state index contributed by atoms with van der Waals surface area (Å²) in [5.74, 6) is -1.44. The van der Waals surface area contributed by atoms with E-state index in [0.717, 1.165) is 15.6 Å². The Hall–Kier alpha value is -2.22. The normalized spacial score (nSPS) is 13.0. The van der Waals surface area contributed by atoms with E-state index in [-0.39, 0.29) is 12.2 Å².